The van der Waals surface area contributed by atoms with Crippen LogP contribution in [0.2, 0.25) is 5.02 Å². The number of hydrogen-bond acceptors (Lipinski definition) is 7. The lowest BCUT2D eigenvalue weighted by Gasteiger charge is -2.15. The number of aromatic nitrogens is 4. The van der Waals surface area contributed by atoms with E-state index in [1.807, 2.05) is 36.4 Å². The lowest BCUT2D eigenvalue weighted by Crippen LogP contribution is -2.07. The molecule has 2 aromatic carbocycles. The molecule has 0 aliphatic heterocycles. The number of nitrogens with zero attached hydrogens (tertiary/aromatic N) is 4. The van der Waals surface area contributed by atoms with E-state index in [1.165, 1.54) is 11.1 Å². The summed E-state index contributed by atoms with van der Waals surface area (Å²) in [6.07, 6.45) is 4.99. The molecule has 3 N–H and O–H groups in total. The van der Waals surface area contributed by atoms with Crippen molar-refractivity contribution < 1.29 is 4.74 Å². The van der Waals surface area contributed by atoms with Crippen LogP contribution < -0.4 is 15.8 Å². The molecule has 0 spiro atoms. The first kappa shape index (κ1) is 21.9. The predicted molar refractivity (Wildman–Crippen MR) is 136 cm³/mol. The summed E-state index contributed by atoms with van der Waals surface area (Å²) in [5.41, 5.74) is 11.5. The molecule has 0 fully saturated rings. The number of rotatable bonds is 6. The van der Waals surface area contributed by atoms with Crippen LogP contribution in [-0.4, -0.2) is 20.2 Å². The van der Waals surface area contributed by atoms with Gasteiger partial charge in [-0.05, 0) is 71.8 Å². The number of fused-ring (bicyclic) bond motifs is 2. The molecule has 0 aliphatic rings. The number of hydrogen-bond donors (Lipinski definition) is 2. The maximum absolute atomic E-state index is 6.07. The SMILES string of the molecule is Cc1cc2c(N)nccc2c(C)c1CNc1cc(OCc2ccc3ncc(Cl)cc3c2)cnn1. The van der Waals surface area contributed by atoms with Crippen LogP contribution in [0.5, 0.6) is 5.75 Å². The molecule has 0 amide bonds. The fourth-order valence-electron chi connectivity index (χ4n) is 4.11. The van der Waals surface area contributed by atoms with Gasteiger partial charge in [-0.3, -0.25) is 4.98 Å². The highest BCUT2D eigenvalue weighted by molar-refractivity contribution is 6.31. The molecule has 0 saturated heterocycles. The highest BCUT2D eigenvalue weighted by atomic mass is 35.5. The minimum atomic E-state index is 0.395. The van der Waals surface area contributed by atoms with E-state index in [4.69, 9.17) is 22.1 Å². The Morgan fingerprint density at radius 1 is 1.00 bits per heavy atom. The van der Waals surface area contributed by atoms with Crippen molar-refractivity contribution >= 4 is 44.9 Å². The second kappa shape index (κ2) is 9.11. The second-order valence-electron chi connectivity index (χ2n) is 8.19. The van der Waals surface area contributed by atoms with E-state index in [2.05, 4.69) is 45.4 Å². The summed E-state index contributed by atoms with van der Waals surface area (Å²) in [5.74, 6) is 1.82. The van der Waals surface area contributed by atoms with Gasteiger partial charge in [0.15, 0.2) is 5.82 Å². The largest absolute Gasteiger partial charge is 0.487 e. The Labute approximate surface area is 202 Å². The standard InChI is InChI=1S/C26H23ClN6O/c1-15-7-22-21(5-6-29-26(22)28)16(2)23(15)13-31-25-10-20(12-32-33-25)34-14-17-3-4-24-18(8-17)9-19(27)11-30-24/h3-12H,13-14H2,1-2H3,(H2,28,29)(H,31,33). The molecule has 0 atom stereocenters. The number of anilines is 2. The van der Waals surface area contributed by atoms with E-state index in [-0.39, 0.29) is 0 Å². The quantitative estimate of drug-likeness (QED) is 0.332. The van der Waals surface area contributed by atoms with E-state index >= 15 is 0 Å². The molecule has 7 nitrogen and oxygen atoms in total. The fraction of sp³-hybridized carbons (Fsp3) is 0.154. The van der Waals surface area contributed by atoms with Crippen molar-refractivity contribution in [2.75, 3.05) is 11.1 Å². The first-order chi connectivity index (χ1) is 16.5. The molecule has 5 aromatic rings. The van der Waals surface area contributed by atoms with Crippen LogP contribution in [0.4, 0.5) is 11.6 Å². The molecular formula is C26H23ClN6O. The number of pyridine rings is 2. The summed E-state index contributed by atoms with van der Waals surface area (Å²) >= 11 is 6.07. The number of halogens is 1. The molecule has 8 heteroatoms. The van der Waals surface area contributed by atoms with Gasteiger partial charge in [-0.2, -0.15) is 5.10 Å². The number of nitrogens with two attached hydrogens (primary N) is 1. The van der Waals surface area contributed by atoms with Gasteiger partial charge in [0.25, 0.3) is 0 Å². The Balaban J connectivity index is 1.29. The summed E-state index contributed by atoms with van der Waals surface area (Å²) in [7, 11) is 0. The topological polar surface area (TPSA) is 98.8 Å². The van der Waals surface area contributed by atoms with E-state index in [0.29, 0.717) is 35.6 Å². The van der Waals surface area contributed by atoms with Gasteiger partial charge in [0.05, 0.1) is 16.7 Å². The van der Waals surface area contributed by atoms with Crippen LogP contribution in [0.25, 0.3) is 21.7 Å². The number of nitrogens with one attached hydrogen (secondary N) is 1. The molecule has 170 valence electrons. The molecule has 3 aromatic heterocycles. The van der Waals surface area contributed by atoms with Crippen LogP contribution in [0.1, 0.15) is 22.3 Å². The fourth-order valence-corrected chi connectivity index (χ4v) is 4.27. The van der Waals surface area contributed by atoms with Crippen molar-refractivity contribution in [1.82, 2.24) is 20.2 Å². The monoisotopic (exact) mass is 470 g/mol. The van der Waals surface area contributed by atoms with Crippen molar-refractivity contribution in [2.24, 2.45) is 0 Å². The van der Waals surface area contributed by atoms with Crippen molar-refractivity contribution in [2.45, 2.75) is 27.0 Å². The summed E-state index contributed by atoms with van der Waals surface area (Å²) in [5, 5.41) is 15.3. The lowest BCUT2D eigenvalue weighted by molar-refractivity contribution is 0.304. The highest BCUT2D eigenvalue weighted by Crippen LogP contribution is 2.28. The summed E-state index contributed by atoms with van der Waals surface area (Å²) in [6.45, 7) is 5.18. The summed E-state index contributed by atoms with van der Waals surface area (Å²) in [6, 6.07) is 13.8. The molecule has 34 heavy (non-hydrogen) atoms. The van der Waals surface area contributed by atoms with Crippen LogP contribution in [0.3, 0.4) is 0 Å². The molecule has 0 bridgehead atoms. The first-order valence-electron chi connectivity index (χ1n) is 10.8. The van der Waals surface area contributed by atoms with Gasteiger partial charge in [-0.1, -0.05) is 17.7 Å². The van der Waals surface area contributed by atoms with E-state index in [9.17, 15) is 0 Å². The predicted octanol–water partition coefficient (Wildman–Crippen LogP) is 5.62. The minimum absolute atomic E-state index is 0.395. The van der Waals surface area contributed by atoms with Crippen LogP contribution in [0.15, 0.2) is 61.1 Å². The normalized spacial score (nSPS) is 11.1. The Kier molecular flexibility index (Phi) is 5.86. The smallest absolute Gasteiger partial charge is 0.152 e. The Morgan fingerprint density at radius 3 is 2.76 bits per heavy atom. The van der Waals surface area contributed by atoms with E-state index in [0.717, 1.165) is 32.8 Å². The van der Waals surface area contributed by atoms with Gasteiger partial charge >= 0.3 is 0 Å². The zero-order chi connectivity index (χ0) is 23.7. The van der Waals surface area contributed by atoms with Gasteiger partial charge in [0.2, 0.25) is 0 Å². The van der Waals surface area contributed by atoms with E-state index in [1.54, 1.807) is 18.6 Å². The molecular weight excluding hydrogens is 448 g/mol. The maximum atomic E-state index is 6.07. The average Bonchev–Trinajstić information content (AvgIpc) is 2.83. The molecule has 0 radical (unpaired) electrons. The van der Waals surface area contributed by atoms with E-state index < -0.39 is 0 Å². The molecule has 0 aliphatic carbocycles. The first-order valence-corrected chi connectivity index (χ1v) is 11.2. The van der Waals surface area contributed by atoms with Crippen molar-refractivity contribution in [3.8, 4) is 5.75 Å². The van der Waals surface area contributed by atoms with Gasteiger partial charge < -0.3 is 15.8 Å². The maximum Gasteiger partial charge on any atom is 0.152 e. The van der Waals surface area contributed by atoms with Gasteiger partial charge in [0, 0.05) is 35.8 Å². The second-order valence-corrected chi connectivity index (χ2v) is 8.62. The Bertz CT molecular complexity index is 1520. The molecule has 3 heterocycles. The summed E-state index contributed by atoms with van der Waals surface area (Å²) < 4.78 is 5.97. The molecule has 5 rings (SSSR count). The summed E-state index contributed by atoms with van der Waals surface area (Å²) in [4.78, 5) is 8.52. The van der Waals surface area contributed by atoms with Crippen LogP contribution >= 0.6 is 11.6 Å². The third-order valence-electron chi connectivity index (χ3n) is 5.91. The van der Waals surface area contributed by atoms with Crippen LogP contribution in [0, 0.1) is 13.8 Å². The van der Waals surface area contributed by atoms with Gasteiger partial charge in [-0.15, -0.1) is 5.10 Å². The molecule has 0 saturated carbocycles. The lowest BCUT2D eigenvalue weighted by atomic mass is 9.96. The number of nitrogen functional groups attached to an aromatic ring is 1. The third kappa shape index (κ3) is 4.43. The average molecular weight is 471 g/mol. The van der Waals surface area contributed by atoms with Gasteiger partial charge in [0.1, 0.15) is 18.2 Å². The zero-order valence-corrected chi connectivity index (χ0v) is 19.6. The number of benzene rings is 2. The van der Waals surface area contributed by atoms with Crippen LogP contribution in [-0.2, 0) is 13.2 Å². The van der Waals surface area contributed by atoms with Crippen molar-refractivity contribution in [1.29, 1.82) is 0 Å². The minimum Gasteiger partial charge on any atom is -0.487 e. The van der Waals surface area contributed by atoms with Crippen molar-refractivity contribution in [3.05, 3.63) is 88.3 Å². The Morgan fingerprint density at radius 2 is 1.88 bits per heavy atom. The highest BCUT2D eigenvalue weighted by Gasteiger charge is 2.11. The number of aryl methyl sites for hydroxylation is 2. The third-order valence-corrected chi connectivity index (χ3v) is 6.11. The molecule has 0 unspecified atom stereocenters. The Hall–Kier alpha value is -3.97. The zero-order valence-electron chi connectivity index (χ0n) is 18.8. The van der Waals surface area contributed by atoms with Crippen molar-refractivity contribution in [3.63, 3.8) is 0 Å². The number of ether oxygens (including phenoxy) is 1. The van der Waals surface area contributed by atoms with Gasteiger partial charge in [-0.25, -0.2) is 4.98 Å².